The zero-order valence-electron chi connectivity index (χ0n) is 31.1. The first kappa shape index (κ1) is 39.7. The molecule has 8 nitrogen and oxygen atoms in total. The molecular weight excluding hydrogens is 673 g/mol. The Morgan fingerprint density at radius 1 is 0.673 bits per heavy atom. The van der Waals surface area contributed by atoms with Gasteiger partial charge in [0.1, 0.15) is 11.9 Å². The first-order valence-electron chi connectivity index (χ1n) is 19.4. The maximum Gasteiger partial charge on any atom is 0.379 e. The lowest BCUT2D eigenvalue weighted by Crippen LogP contribution is -2.27. The van der Waals surface area contributed by atoms with Gasteiger partial charge in [0.15, 0.2) is 0 Å². The van der Waals surface area contributed by atoms with Gasteiger partial charge >= 0.3 is 7.60 Å². The van der Waals surface area contributed by atoms with Gasteiger partial charge in [0.25, 0.3) is 5.69 Å². The van der Waals surface area contributed by atoms with Crippen molar-refractivity contribution in [2.24, 2.45) is 0 Å². The van der Waals surface area contributed by atoms with Crippen LogP contribution >= 0.6 is 7.60 Å². The van der Waals surface area contributed by atoms with Crippen LogP contribution in [0.2, 0.25) is 0 Å². The summed E-state index contributed by atoms with van der Waals surface area (Å²) in [5.74, 6) is 0.285. The second-order valence-electron chi connectivity index (χ2n) is 13.9. The minimum atomic E-state index is -3.57. The molecule has 280 valence electrons. The maximum atomic E-state index is 14.1. The molecule has 52 heavy (non-hydrogen) atoms. The summed E-state index contributed by atoms with van der Waals surface area (Å²) in [4.78, 5) is 10.7. The molecule has 5 rings (SSSR count). The first-order chi connectivity index (χ1) is 25.4. The maximum absolute atomic E-state index is 14.1. The summed E-state index contributed by atoms with van der Waals surface area (Å²) in [7, 11) is -3.57. The number of nitrogens with zero attached hydrogens (tertiary/aromatic N) is 1. The predicted molar refractivity (Wildman–Crippen MR) is 213 cm³/mol. The minimum Gasteiger partial charge on any atom is -0.424 e. The summed E-state index contributed by atoms with van der Waals surface area (Å²) >= 11 is 0. The average Bonchev–Trinajstić information content (AvgIpc) is 3.16. The summed E-state index contributed by atoms with van der Waals surface area (Å²) in [5, 5.41) is 19.0. The third-order valence-electron chi connectivity index (χ3n) is 9.79. The van der Waals surface area contributed by atoms with Crippen molar-refractivity contribution >= 4 is 45.6 Å². The van der Waals surface area contributed by atoms with Gasteiger partial charge in [-0.3, -0.25) is 14.6 Å². The molecule has 0 aromatic heterocycles. The SMILES string of the molecule is CCCCCCCCOC[C@H](COP(=O)(CCCCCC)Oc1ccc([N+](=O)[O-])cc1)OCCCCc1ccc2ccc3cccc4ccc1c2c34. The lowest BCUT2D eigenvalue weighted by atomic mass is 9.91. The molecule has 0 spiro atoms. The van der Waals surface area contributed by atoms with Gasteiger partial charge in [-0.1, -0.05) is 120 Å². The molecule has 0 bridgehead atoms. The molecule has 0 saturated carbocycles. The molecule has 0 aliphatic heterocycles. The van der Waals surface area contributed by atoms with E-state index < -0.39 is 18.6 Å². The van der Waals surface area contributed by atoms with E-state index in [-0.39, 0.29) is 24.2 Å². The molecule has 1 unspecified atom stereocenters. The molecule has 0 amide bonds. The molecule has 5 aromatic carbocycles. The van der Waals surface area contributed by atoms with Crippen LogP contribution in [-0.2, 0) is 25.0 Å². The van der Waals surface area contributed by atoms with Gasteiger partial charge in [-0.2, -0.15) is 0 Å². The van der Waals surface area contributed by atoms with Crippen LogP contribution in [0.1, 0.15) is 96.5 Å². The number of ether oxygens (including phenoxy) is 2. The molecule has 0 aliphatic rings. The third kappa shape index (κ3) is 11.5. The molecule has 2 atom stereocenters. The quantitative estimate of drug-likeness (QED) is 0.0184. The van der Waals surface area contributed by atoms with Crippen LogP contribution in [-0.4, -0.2) is 43.6 Å². The molecule has 0 saturated heterocycles. The van der Waals surface area contributed by atoms with E-state index in [2.05, 4.69) is 68.4 Å². The number of non-ortho nitro benzene ring substituents is 1. The van der Waals surface area contributed by atoms with E-state index in [1.54, 1.807) is 0 Å². The van der Waals surface area contributed by atoms with E-state index in [9.17, 15) is 14.7 Å². The van der Waals surface area contributed by atoms with Gasteiger partial charge in [-0.05, 0) is 82.1 Å². The fourth-order valence-electron chi connectivity index (χ4n) is 6.88. The van der Waals surface area contributed by atoms with Crippen LogP contribution in [0.15, 0.2) is 78.9 Å². The summed E-state index contributed by atoms with van der Waals surface area (Å²) in [6, 6.07) is 25.6. The number of aryl methyl sites for hydroxylation is 1. The van der Waals surface area contributed by atoms with Gasteiger partial charge in [0, 0.05) is 25.3 Å². The number of nitro benzene ring substituents is 1. The van der Waals surface area contributed by atoms with Crippen LogP contribution in [0.4, 0.5) is 5.69 Å². The smallest absolute Gasteiger partial charge is 0.379 e. The highest BCUT2D eigenvalue weighted by Gasteiger charge is 2.28. The Hall–Kier alpha value is -3.55. The standard InChI is InChI=1S/C43H56NO7P/c1-3-5-7-9-10-12-29-48-32-40(33-50-52(47,31-14-8-6-4-2)51-39-26-24-38(25-27-39)44(45)46)49-30-13-11-16-34-19-20-37-22-21-35-17-15-18-36-23-28-41(34)43(37)42(35)36/h15,17-28,40H,3-14,16,29-33H2,1-2H3/t40-,52?/m1/s1. The Bertz CT molecular complexity index is 1840. The van der Waals surface area contributed by atoms with Crippen molar-refractivity contribution in [3.63, 3.8) is 0 Å². The van der Waals surface area contributed by atoms with E-state index in [0.717, 1.165) is 51.4 Å². The Balaban J connectivity index is 1.18. The number of nitro groups is 1. The second-order valence-corrected chi connectivity index (χ2v) is 16.0. The van der Waals surface area contributed by atoms with Crippen LogP contribution in [0.3, 0.4) is 0 Å². The fourth-order valence-corrected chi connectivity index (χ4v) is 8.60. The van der Waals surface area contributed by atoms with Crippen LogP contribution < -0.4 is 4.52 Å². The van der Waals surface area contributed by atoms with Crippen molar-refractivity contribution in [3.05, 3.63) is 94.5 Å². The largest absolute Gasteiger partial charge is 0.424 e. The van der Waals surface area contributed by atoms with Crippen molar-refractivity contribution in [3.8, 4) is 5.75 Å². The highest BCUT2D eigenvalue weighted by atomic mass is 31.2. The van der Waals surface area contributed by atoms with Gasteiger partial charge in [-0.15, -0.1) is 0 Å². The molecule has 0 heterocycles. The molecule has 0 fully saturated rings. The summed E-state index contributed by atoms with van der Waals surface area (Å²) < 4.78 is 38.5. The zero-order chi connectivity index (χ0) is 36.6. The molecule has 5 aromatic rings. The van der Waals surface area contributed by atoms with Gasteiger partial charge in [0.2, 0.25) is 0 Å². The van der Waals surface area contributed by atoms with Gasteiger partial charge in [-0.25, -0.2) is 4.57 Å². The lowest BCUT2D eigenvalue weighted by molar-refractivity contribution is -0.384. The van der Waals surface area contributed by atoms with Crippen LogP contribution in [0.25, 0.3) is 32.3 Å². The number of unbranched alkanes of at least 4 members (excludes halogenated alkanes) is 9. The fraction of sp³-hybridized carbons (Fsp3) is 0.488. The van der Waals surface area contributed by atoms with Crippen molar-refractivity contribution in [1.29, 1.82) is 0 Å². The van der Waals surface area contributed by atoms with Crippen molar-refractivity contribution in [2.45, 2.75) is 103 Å². The normalized spacial score (nSPS) is 13.6. The monoisotopic (exact) mass is 729 g/mol. The second kappa shape index (κ2) is 20.6. The Kier molecular flexibility index (Phi) is 15.7. The summed E-state index contributed by atoms with van der Waals surface area (Å²) in [6.45, 7) is 5.95. The first-order valence-corrected chi connectivity index (χ1v) is 21.2. The van der Waals surface area contributed by atoms with Crippen LogP contribution in [0, 0.1) is 10.1 Å². The molecule has 0 aliphatic carbocycles. The zero-order valence-corrected chi connectivity index (χ0v) is 32.0. The minimum absolute atomic E-state index is 0.0545. The molecule has 9 heteroatoms. The van der Waals surface area contributed by atoms with E-state index in [4.69, 9.17) is 18.5 Å². The topological polar surface area (TPSA) is 97.1 Å². The predicted octanol–water partition coefficient (Wildman–Crippen LogP) is 12.4. The van der Waals surface area contributed by atoms with Crippen molar-refractivity contribution in [1.82, 2.24) is 0 Å². The Morgan fingerprint density at radius 3 is 2.04 bits per heavy atom. The number of hydrogen-bond acceptors (Lipinski definition) is 7. The Labute approximate surface area is 309 Å². The van der Waals surface area contributed by atoms with Gasteiger partial charge in [0.05, 0.1) is 24.3 Å². The highest BCUT2D eigenvalue weighted by molar-refractivity contribution is 7.54. The Morgan fingerprint density at radius 2 is 1.31 bits per heavy atom. The highest BCUT2D eigenvalue weighted by Crippen LogP contribution is 2.49. The summed E-state index contributed by atoms with van der Waals surface area (Å²) in [6.07, 6.45) is 13.4. The lowest BCUT2D eigenvalue weighted by Gasteiger charge is -2.23. The van der Waals surface area contributed by atoms with E-state index in [0.29, 0.717) is 26.2 Å². The molecule has 0 radical (unpaired) electrons. The van der Waals surface area contributed by atoms with E-state index in [1.807, 2.05) is 0 Å². The van der Waals surface area contributed by atoms with Crippen LogP contribution in [0.5, 0.6) is 5.75 Å². The van der Waals surface area contributed by atoms with Crippen molar-refractivity contribution in [2.75, 3.05) is 32.6 Å². The molecular formula is C43H56NO7P. The summed E-state index contributed by atoms with van der Waals surface area (Å²) in [5.41, 5.74) is 1.29. The number of benzene rings is 5. The van der Waals surface area contributed by atoms with Gasteiger partial charge < -0.3 is 14.0 Å². The third-order valence-corrected chi connectivity index (χ3v) is 11.7. The van der Waals surface area contributed by atoms with E-state index >= 15 is 0 Å². The number of hydrogen-bond donors (Lipinski definition) is 0. The average molecular weight is 730 g/mol. The van der Waals surface area contributed by atoms with Crippen molar-refractivity contribution < 1.29 is 28.0 Å². The number of rotatable bonds is 26. The van der Waals surface area contributed by atoms with E-state index in [1.165, 1.54) is 87.8 Å². The molecule has 0 N–H and O–H groups in total.